The lowest BCUT2D eigenvalue weighted by atomic mass is 9.84. The summed E-state index contributed by atoms with van der Waals surface area (Å²) in [5.41, 5.74) is 12.3. The average Bonchev–Trinajstić information content (AvgIpc) is 2.60. The second-order valence-corrected chi connectivity index (χ2v) is 5.96. The van der Waals surface area contributed by atoms with E-state index in [1.165, 1.54) is 22.3 Å². The fraction of sp³-hybridized carbons (Fsp3) is 0.182. The molecule has 0 aromatic heterocycles. The van der Waals surface area contributed by atoms with Crippen LogP contribution in [0.25, 0.3) is 0 Å². The van der Waals surface area contributed by atoms with Crippen molar-refractivity contribution in [3.05, 3.63) is 101 Å². The van der Waals surface area contributed by atoms with Gasteiger partial charge in [-0.2, -0.15) is 0 Å². The summed E-state index contributed by atoms with van der Waals surface area (Å²) in [6.45, 7) is 2.18. The molecular formula is C22H23N. The standard InChI is InChI=1S/C22H23N/c1-2-9-17-14-15-20(16-21(17)23)22(18-10-5-3-6-11-18)19-12-7-4-8-13-19/h3-8,10-16,22H,2,9,23H2,1H3. The van der Waals surface area contributed by atoms with Gasteiger partial charge in [-0.3, -0.25) is 0 Å². The van der Waals surface area contributed by atoms with E-state index in [0.29, 0.717) is 0 Å². The molecule has 0 fully saturated rings. The first-order valence-corrected chi connectivity index (χ1v) is 8.27. The van der Waals surface area contributed by atoms with Gasteiger partial charge in [-0.05, 0) is 34.7 Å². The molecular weight excluding hydrogens is 278 g/mol. The Balaban J connectivity index is 2.08. The zero-order chi connectivity index (χ0) is 16.1. The fourth-order valence-electron chi connectivity index (χ4n) is 3.16. The second kappa shape index (κ2) is 7.15. The molecule has 1 nitrogen and oxygen atoms in total. The first-order chi connectivity index (χ1) is 11.3. The molecule has 0 aliphatic carbocycles. The van der Waals surface area contributed by atoms with Crippen molar-refractivity contribution in [1.29, 1.82) is 0 Å². The fourth-order valence-corrected chi connectivity index (χ4v) is 3.16. The van der Waals surface area contributed by atoms with Crippen LogP contribution in [-0.4, -0.2) is 0 Å². The van der Waals surface area contributed by atoms with Gasteiger partial charge in [-0.15, -0.1) is 0 Å². The van der Waals surface area contributed by atoms with Gasteiger partial charge in [0.05, 0.1) is 0 Å². The summed E-state index contributed by atoms with van der Waals surface area (Å²) in [5.74, 6) is 0.218. The van der Waals surface area contributed by atoms with Gasteiger partial charge in [0.25, 0.3) is 0 Å². The van der Waals surface area contributed by atoms with Gasteiger partial charge in [0.15, 0.2) is 0 Å². The number of aryl methyl sites for hydroxylation is 1. The minimum absolute atomic E-state index is 0.218. The van der Waals surface area contributed by atoms with E-state index >= 15 is 0 Å². The molecule has 0 amide bonds. The summed E-state index contributed by atoms with van der Waals surface area (Å²) < 4.78 is 0. The van der Waals surface area contributed by atoms with E-state index in [9.17, 15) is 0 Å². The lowest BCUT2D eigenvalue weighted by molar-refractivity contribution is 0.918. The summed E-state index contributed by atoms with van der Waals surface area (Å²) >= 11 is 0. The van der Waals surface area contributed by atoms with E-state index < -0.39 is 0 Å². The highest BCUT2D eigenvalue weighted by Crippen LogP contribution is 2.33. The molecule has 0 saturated heterocycles. The summed E-state index contributed by atoms with van der Waals surface area (Å²) in [6.07, 6.45) is 2.15. The van der Waals surface area contributed by atoms with Crippen molar-refractivity contribution >= 4 is 5.69 Å². The molecule has 0 saturated carbocycles. The number of rotatable bonds is 5. The normalized spacial score (nSPS) is 10.9. The Morgan fingerprint density at radius 2 is 1.30 bits per heavy atom. The van der Waals surface area contributed by atoms with Crippen molar-refractivity contribution in [1.82, 2.24) is 0 Å². The van der Waals surface area contributed by atoms with Gasteiger partial charge in [-0.25, -0.2) is 0 Å². The zero-order valence-corrected chi connectivity index (χ0v) is 13.6. The molecule has 0 aliphatic heterocycles. The summed E-state index contributed by atoms with van der Waals surface area (Å²) in [4.78, 5) is 0. The second-order valence-electron chi connectivity index (χ2n) is 5.96. The van der Waals surface area contributed by atoms with Crippen molar-refractivity contribution in [3.8, 4) is 0 Å². The molecule has 2 N–H and O–H groups in total. The molecule has 0 unspecified atom stereocenters. The van der Waals surface area contributed by atoms with Crippen LogP contribution in [0.15, 0.2) is 78.9 Å². The van der Waals surface area contributed by atoms with Crippen molar-refractivity contribution in [2.45, 2.75) is 25.7 Å². The predicted molar refractivity (Wildman–Crippen MR) is 98.7 cm³/mol. The molecule has 0 spiro atoms. The Hall–Kier alpha value is -2.54. The molecule has 116 valence electrons. The molecule has 0 bridgehead atoms. The first kappa shape index (κ1) is 15.4. The molecule has 0 atom stereocenters. The van der Waals surface area contributed by atoms with Gasteiger partial charge in [0, 0.05) is 11.6 Å². The van der Waals surface area contributed by atoms with Crippen molar-refractivity contribution in [2.24, 2.45) is 0 Å². The van der Waals surface area contributed by atoms with Crippen LogP contribution in [0, 0.1) is 0 Å². The Labute approximate surface area is 138 Å². The van der Waals surface area contributed by atoms with Crippen LogP contribution in [0.4, 0.5) is 5.69 Å². The Kier molecular flexibility index (Phi) is 4.77. The molecule has 0 aliphatic rings. The van der Waals surface area contributed by atoms with E-state index in [4.69, 9.17) is 5.73 Å². The third-order valence-electron chi connectivity index (χ3n) is 4.29. The molecule has 23 heavy (non-hydrogen) atoms. The first-order valence-electron chi connectivity index (χ1n) is 8.27. The number of hydrogen-bond acceptors (Lipinski definition) is 1. The van der Waals surface area contributed by atoms with Crippen LogP contribution in [-0.2, 0) is 6.42 Å². The summed E-state index contributed by atoms with van der Waals surface area (Å²) in [5, 5.41) is 0. The quantitative estimate of drug-likeness (QED) is 0.495. The molecule has 3 aromatic rings. The van der Waals surface area contributed by atoms with Crippen LogP contribution < -0.4 is 5.73 Å². The maximum atomic E-state index is 6.30. The monoisotopic (exact) mass is 301 g/mol. The van der Waals surface area contributed by atoms with E-state index in [-0.39, 0.29) is 5.92 Å². The van der Waals surface area contributed by atoms with E-state index in [1.54, 1.807) is 0 Å². The minimum Gasteiger partial charge on any atom is -0.398 e. The van der Waals surface area contributed by atoms with Crippen LogP contribution >= 0.6 is 0 Å². The van der Waals surface area contributed by atoms with E-state index in [0.717, 1.165) is 18.5 Å². The molecule has 0 radical (unpaired) electrons. The predicted octanol–water partition coefficient (Wildman–Crippen LogP) is 5.40. The van der Waals surface area contributed by atoms with Crippen LogP contribution in [0.5, 0.6) is 0 Å². The number of anilines is 1. The molecule has 3 rings (SSSR count). The maximum absolute atomic E-state index is 6.30. The highest BCUT2D eigenvalue weighted by molar-refractivity contribution is 5.53. The molecule has 3 aromatic carbocycles. The Bertz CT molecular complexity index is 708. The minimum atomic E-state index is 0.218. The largest absolute Gasteiger partial charge is 0.398 e. The van der Waals surface area contributed by atoms with Crippen LogP contribution in [0.3, 0.4) is 0 Å². The number of benzene rings is 3. The zero-order valence-electron chi connectivity index (χ0n) is 13.6. The van der Waals surface area contributed by atoms with Gasteiger partial charge in [0.1, 0.15) is 0 Å². The summed E-state index contributed by atoms with van der Waals surface area (Å²) in [7, 11) is 0. The Morgan fingerprint density at radius 3 is 1.78 bits per heavy atom. The highest BCUT2D eigenvalue weighted by atomic mass is 14.6. The van der Waals surface area contributed by atoms with Gasteiger partial charge in [0.2, 0.25) is 0 Å². The third kappa shape index (κ3) is 3.45. The van der Waals surface area contributed by atoms with E-state index in [1.807, 2.05) is 0 Å². The molecule has 0 heterocycles. The van der Waals surface area contributed by atoms with Crippen LogP contribution in [0.1, 0.15) is 41.5 Å². The average molecular weight is 301 g/mol. The topological polar surface area (TPSA) is 26.0 Å². The van der Waals surface area contributed by atoms with Gasteiger partial charge >= 0.3 is 0 Å². The lowest BCUT2D eigenvalue weighted by Gasteiger charge is -2.20. The number of nitrogens with two attached hydrogens (primary N) is 1. The number of nitrogen functional groups attached to an aromatic ring is 1. The third-order valence-corrected chi connectivity index (χ3v) is 4.29. The SMILES string of the molecule is CCCc1ccc(C(c2ccccc2)c2ccccc2)cc1N. The molecule has 1 heteroatoms. The van der Waals surface area contributed by atoms with E-state index in [2.05, 4.69) is 85.8 Å². The van der Waals surface area contributed by atoms with Gasteiger partial charge < -0.3 is 5.73 Å². The van der Waals surface area contributed by atoms with Gasteiger partial charge in [-0.1, -0.05) is 86.1 Å². The lowest BCUT2D eigenvalue weighted by Crippen LogP contribution is -2.05. The van der Waals surface area contributed by atoms with Crippen molar-refractivity contribution in [2.75, 3.05) is 5.73 Å². The number of hydrogen-bond donors (Lipinski definition) is 1. The highest BCUT2D eigenvalue weighted by Gasteiger charge is 2.17. The Morgan fingerprint density at radius 1 is 0.739 bits per heavy atom. The van der Waals surface area contributed by atoms with Crippen molar-refractivity contribution < 1.29 is 0 Å². The smallest absolute Gasteiger partial charge is 0.0349 e. The summed E-state index contributed by atoms with van der Waals surface area (Å²) in [6, 6.07) is 27.8. The maximum Gasteiger partial charge on any atom is 0.0349 e. The van der Waals surface area contributed by atoms with Crippen LogP contribution in [0.2, 0.25) is 0 Å². The van der Waals surface area contributed by atoms with Crippen molar-refractivity contribution in [3.63, 3.8) is 0 Å².